The molecule has 1 saturated heterocycles. The molecular formula is C21H37IN4O2S. The van der Waals surface area contributed by atoms with E-state index in [0.29, 0.717) is 13.0 Å². The Kier molecular flexibility index (Phi) is 12.8. The van der Waals surface area contributed by atoms with Crippen molar-refractivity contribution in [3.8, 4) is 0 Å². The SMILES string of the molecule is CN=C(NCCCN1CCC(C)CC1)NCCCS(=O)(=O)Cc1ccccc1.I. The number of nitrogens with zero attached hydrogens (tertiary/aromatic N) is 2. The Morgan fingerprint density at radius 2 is 1.72 bits per heavy atom. The topological polar surface area (TPSA) is 73.8 Å². The zero-order chi connectivity index (χ0) is 20.2. The van der Waals surface area contributed by atoms with Gasteiger partial charge in [0.25, 0.3) is 0 Å². The van der Waals surface area contributed by atoms with E-state index in [1.54, 1.807) is 7.05 Å². The van der Waals surface area contributed by atoms with Gasteiger partial charge in [0.05, 0.1) is 11.5 Å². The van der Waals surface area contributed by atoms with Crippen LogP contribution >= 0.6 is 24.0 Å². The van der Waals surface area contributed by atoms with Crippen molar-refractivity contribution in [2.45, 2.75) is 38.4 Å². The van der Waals surface area contributed by atoms with Crippen LogP contribution in [0.3, 0.4) is 0 Å². The second kappa shape index (κ2) is 14.2. The average molecular weight is 537 g/mol. The van der Waals surface area contributed by atoms with Crippen molar-refractivity contribution in [2.75, 3.05) is 45.5 Å². The molecule has 1 aliphatic heterocycles. The smallest absolute Gasteiger partial charge is 0.190 e. The van der Waals surface area contributed by atoms with Gasteiger partial charge in [-0.3, -0.25) is 4.99 Å². The van der Waals surface area contributed by atoms with E-state index in [2.05, 4.69) is 27.4 Å². The first kappa shape index (κ1) is 26.2. The number of rotatable bonds is 10. The first-order chi connectivity index (χ1) is 13.5. The van der Waals surface area contributed by atoms with E-state index in [-0.39, 0.29) is 35.5 Å². The van der Waals surface area contributed by atoms with Gasteiger partial charge in [-0.1, -0.05) is 37.3 Å². The van der Waals surface area contributed by atoms with Crippen molar-refractivity contribution in [1.29, 1.82) is 0 Å². The quantitative estimate of drug-likeness (QED) is 0.208. The Bertz CT molecular complexity index is 690. The van der Waals surface area contributed by atoms with E-state index in [1.807, 2.05) is 30.3 Å². The average Bonchev–Trinajstić information content (AvgIpc) is 2.68. The molecule has 6 nitrogen and oxygen atoms in total. The molecule has 0 radical (unpaired) electrons. The second-order valence-corrected chi connectivity index (χ2v) is 9.92. The van der Waals surface area contributed by atoms with Gasteiger partial charge in [-0.15, -0.1) is 24.0 Å². The summed E-state index contributed by atoms with van der Waals surface area (Å²) < 4.78 is 24.4. The number of sulfone groups is 1. The van der Waals surface area contributed by atoms with Gasteiger partial charge in [0.1, 0.15) is 0 Å². The van der Waals surface area contributed by atoms with Gasteiger partial charge in [0.15, 0.2) is 15.8 Å². The number of nitrogens with one attached hydrogen (secondary N) is 2. The Balaban J connectivity index is 0.00000420. The van der Waals surface area contributed by atoms with Crippen LogP contribution in [0.1, 0.15) is 38.2 Å². The first-order valence-corrected chi connectivity index (χ1v) is 12.2. The van der Waals surface area contributed by atoms with Gasteiger partial charge in [-0.2, -0.15) is 0 Å². The fourth-order valence-electron chi connectivity index (χ4n) is 3.41. The number of likely N-dealkylation sites (tertiary alicyclic amines) is 1. The lowest BCUT2D eigenvalue weighted by molar-refractivity contribution is 0.191. The molecule has 1 aromatic carbocycles. The van der Waals surface area contributed by atoms with E-state index in [9.17, 15) is 8.42 Å². The van der Waals surface area contributed by atoms with Crippen LogP contribution in [-0.2, 0) is 15.6 Å². The fraction of sp³-hybridized carbons (Fsp3) is 0.667. The van der Waals surface area contributed by atoms with Crippen molar-refractivity contribution in [3.63, 3.8) is 0 Å². The third kappa shape index (κ3) is 11.2. The lowest BCUT2D eigenvalue weighted by Crippen LogP contribution is -2.40. The summed E-state index contributed by atoms with van der Waals surface area (Å²) in [6.07, 6.45) is 4.27. The van der Waals surface area contributed by atoms with E-state index in [0.717, 1.165) is 37.0 Å². The summed E-state index contributed by atoms with van der Waals surface area (Å²) in [6, 6.07) is 9.34. The summed E-state index contributed by atoms with van der Waals surface area (Å²) in [6.45, 7) is 7.35. The molecule has 8 heteroatoms. The Hall–Kier alpha value is -0.870. The number of aliphatic imine (C=N–C) groups is 1. The summed E-state index contributed by atoms with van der Waals surface area (Å²) in [4.78, 5) is 6.75. The molecule has 0 unspecified atom stereocenters. The van der Waals surface area contributed by atoms with Gasteiger partial charge < -0.3 is 15.5 Å². The van der Waals surface area contributed by atoms with Crippen LogP contribution in [0, 0.1) is 5.92 Å². The van der Waals surface area contributed by atoms with Gasteiger partial charge in [-0.05, 0) is 56.8 Å². The number of guanidine groups is 1. The number of benzene rings is 1. The molecule has 0 aromatic heterocycles. The van der Waals surface area contributed by atoms with E-state index < -0.39 is 9.84 Å². The molecule has 1 fully saturated rings. The number of hydrogen-bond donors (Lipinski definition) is 2. The molecule has 29 heavy (non-hydrogen) atoms. The molecule has 0 amide bonds. The molecule has 0 saturated carbocycles. The van der Waals surface area contributed by atoms with E-state index in [1.165, 1.54) is 25.9 Å². The van der Waals surface area contributed by atoms with Crippen LogP contribution in [0.25, 0.3) is 0 Å². The third-order valence-electron chi connectivity index (χ3n) is 5.20. The van der Waals surface area contributed by atoms with Crippen LogP contribution in [0.15, 0.2) is 35.3 Å². The summed E-state index contributed by atoms with van der Waals surface area (Å²) in [5, 5.41) is 6.53. The Morgan fingerprint density at radius 1 is 1.10 bits per heavy atom. The minimum atomic E-state index is -3.08. The molecular weight excluding hydrogens is 499 g/mol. The van der Waals surface area contributed by atoms with E-state index >= 15 is 0 Å². The minimum Gasteiger partial charge on any atom is -0.356 e. The van der Waals surface area contributed by atoms with Crippen LogP contribution in [0.5, 0.6) is 0 Å². The van der Waals surface area contributed by atoms with Crippen molar-refractivity contribution in [2.24, 2.45) is 10.9 Å². The maximum Gasteiger partial charge on any atom is 0.190 e. The molecule has 1 aliphatic rings. The van der Waals surface area contributed by atoms with Crippen LogP contribution in [0.2, 0.25) is 0 Å². The third-order valence-corrected chi connectivity index (χ3v) is 6.88. The lowest BCUT2D eigenvalue weighted by atomic mass is 9.99. The van der Waals surface area contributed by atoms with Crippen molar-refractivity contribution < 1.29 is 8.42 Å². The molecule has 0 aliphatic carbocycles. The molecule has 0 bridgehead atoms. The largest absolute Gasteiger partial charge is 0.356 e. The van der Waals surface area contributed by atoms with Gasteiger partial charge >= 0.3 is 0 Å². The molecule has 1 heterocycles. The fourth-order valence-corrected chi connectivity index (χ4v) is 4.84. The maximum absolute atomic E-state index is 12.2. The monoisotopic (exact) mass is 536 g/mol. The number of piperidine rings is 1. The molecule has 2 N–H and O–H groups in total. The van der Waals surface area contributed by atoms with Crippen LogP contribution in [-0.4, -0.2) is 64.8 Å². The molecule has 1 aromatic rings. The predicted octanol–water partition coefficient (Wildman–Crippen LogP) is 2.90. The number of halogens is 1. The zero-order valence-electron chi connectivity index (χ0n) is 17.8. The molecule has 2 rings (SSSR count). The summed E-state index contributed by atoms with van der Waals surface area (Å²) in [7, 11) is -1.34. The normalized spacial score (nSPS) is 16.3. The van der Waals surface area contributed by atoms with E-state index in [4.69, 9.17) is 0 Å². The second-order valence-electron chi connectivity index (χ2n) is 7.73. The van der Waals surface area contributed by atoms with Crippen molar-refractivity contribution in [3.05, 3.63) is 35.9 Å². The van der Waals surface area contributed by atoms with Gasteiger partial charge in [0, 0.05) is 20.1 Å². The molecule has 166 valence electrons. The zero-order valence-corrected chi connectivity index (χ0v) is 20.9. The number of hydrogen-bond acceptors (Lipinski definition) is 4. The van der Waals surface area contributed by atoms with Crippen molar-refractivity contribution in [1.82, 2.24) is 15.5 Å². The summed E-state index contributed by atoms with van der Waals surface area (Å²) >= 11 is 0. The Morgan fingerprint density at radius 3 is 2.34 bits per heavy atom. The van der Waals surface area contributed by atoms with Gasteiger partial charge in [-0.25, -0.2) is 8.42 Å². The lowest BCUT2D eigenvalue weighted by Gasteiger charge is -2.30. The minimum absolute atomic E-state index is 0. The van der Waals surface area contributed by atoms with Crippen LogP contribution < -0.4 is 10.6 Å². The highest BCUT2D eigenvalue weighted by molar-refractivity contribution is 14.0. The summed E-state index contributed by atoms with van der Waals surface area (Å²) in [5.74, 6) is 1.90. The van der Waals surface area contributed by atoms with Crippen molar-refractivity contribution >= 4 is 39.8 Å². The maximum atomic E-state index is 12.2. The Labute approximate surface area is 193 Å². The molecule has 0 spiro atoms. The highest BCUT2D eigenvalue weighted by Crippen LogP contribution is 2.15. The van der Waals surface area contributed by atoms with Crippen LogP contribution in [0.4, 0.5) is 0 Å². The molecule has 0 atom stereocenters. The van der Waals surface area contributed by atoms with Gasteiger partial charge in [0.2, 0.25) is 0 Å². The highest BCUT2D eigenvalue weighted by atomic mass is 127. The first-order valence-electron chi connectivity index (χ1n) is 10.4. The standard InChI is InChI=1S/C21H36N4O2S.HI/c1-19-10-15-25(16-11-19)14-6-12-23-21(22-2)24-13-7-17-28(26,27)18-20-8-4-3-5-9-20;/h3-5,8-9,19H,6-7,10-18H2,1-2H3,(H2,22,23,24);1H. The highest BCUT2D eigenvalue weighted by Gasteiger charge is 2.15. The predicted molar refractivity (Wildman–Crippen MR) is 133 cm³/mol. The summed E-state index contributed by atoms with van der Waals surface area (Å²) in [5.41, 5.74) is 0.844.